The number of ether oxygens (including phenoxy) is 2. The molecule has 88 valence electrons. The zero-order valence-electron chi connectivity index (χ0n) is 8.82. The topological polar surface area (TPSA) is 61.6 Å². The van der Waals surface area contributed by atoms with E-state index in [-0.39, 0.29) is 0 Å². The van der Waals surface area contributed by atoms with Crippen LogP contribution in [0.2, 0.25) is 0 Å². The monoisotopic (exact) mass is 287 g/mol. The molecular formula is C11H14BrNO3. The van der Waals surface area contributed by atoms with Crippen molar-refractivity contribution in [1.82, 2.24) is 0 Å². The van der Waals surface area contributed by atoms with Gasteiger partial charge in [-0.15, -0.1) is 0 Å². The second-order valence-electron chi connectivity index (χ2n) is 3.07. The predicted molar refractivity (Wildman–Crippen MR) is 64.3 cm³/mol. The lowest BCUT2D eigenvalue weighted by Crippen LogP contribution is -2.16. The van der Waals surface area contributed by atoms with Gasteiger partial charge in [-0.25, -0.2) is 0 Å². The van der Waals surface area contributed by atoms with Crippen molar-refractivity contribution in [3.05, 3.63) is 34.3 Å². The number of amides is 1. The van der Waals surface area contributed by atoms with E-state index in [1.165, 1.54) is 0 Å². The number of hydrogen-bond donors (Lipinski definition) is 1. The largest absolute Gasteiger partial charge is 0.377 e. The molecule has 1 aliphatic heterocycles. The fourth-order valence-corrected chi connectivity index (χ4v) is 1.58. The minimum atomic E-state index is -0.410. The number of halogens is 1. The maximum absolute atomic E-state index is 10.6. The maximum Gasteiger partial charge on any atom is 0.249 e. The number of benzene rings is 1. The van der Waals surface area contributed by atoms with Gasteiger partial charge < -0.3 is 15.2 Å². The number of carbonyl (C=O) groups is 1. The highest BCUT2D eigenvalue weighted by Crippen LogP contribution is 2.14. The third kappa shape index (κ3) is 4.74. The summed E-state index contributed by atoms with van der Waals surface area (Å²) in [6.45, 7) is 3.11. The summed E-state index contributed by atoms with van der Waals surface area (Å²) in [5, 5.41) is 0. The Morgan fingerprint density at radius 1 is 1.12 bits per heavy atom. The molecule has 0 aliphatic carbocycles. The van der Waals surface area contributed by atoms with E-state index >= 15 is 0 Å². The molecule has 1 heterocycles. The molecule has 0 atom stereocenters. The first-order valence-corrected chi connectivity index (χ1v) is 5.71. The van der Waals surface area contributed by atoms with Gasteiger partial charge in [0.2, 0.25) is 5.91 Å². The Morgan fingerprint density at radius 3 is 1.94 bits per heavy atom. The Balaban J connectivity index is 0.000000181. The molecule has 1 aromatic carbocycles. The van der Waals surface area contributed by atoms with Crippen molar-refractivity contribution in [2.24, 2.45) is 5.73 Å². The van der Waals surface area contributed by atoms with Gasteiger partial charge in [0.25, 0.3) is 0 Å². The molecule has 1 fully saturated rings. The molecule has 16 heavy (non-hydrogen) atoms. The quantitative estimate of drug-likeness (QED) is 0.853. The molecule has 0 bridgehead atoms. The van der Waals surface area contributed by atoms with Crippen LogP contribution in [-0.2, 0) is 9.47 Å². The molecule has 0 unspecified atom stereocenters. The molecule has 5 heteroatoms. The van der Waals surface area contributed by atoms with Gasteiger partial charge in [-0.05, 0) is 28.1 Å². The maximum atomic E-state index is 10.6. The van der Waals surface area contributed by atoms with Crippen LogP contribution in [0.3, 0.4) is 0 Å². The predicted octanol–water partition coefficient (Wildman–Crippen LogP) is 1.58. The molecule has 1 aromatic rings. The summed E-state index contributed by atoms with van der Waals surface area (Å²) in [6, 6.07) is 7.05. The third-order valence-electron chi connectivity index (χ3n) is 1.88. The lowest BCUT2D eigenvalue weighted by Gasteiger charge is -2.09. The van der Waals surface area contributed by atoms with Crippen molar-refractivity contribution in [2.75, 3.05) is 26.4 Å². The standard InChI is InChI=1S/C7H6BrNO.C4H8O2/c8-6-4-2-1-3-5(6)7(9)10;1-2-6-4-3-5-1/h1-4H,(H2,9,10);1-4H2. The third-order valence-corrected chi connectivity index (χ3v) is 2.57. The van der Waals surface area contributed by atoms with Crippen LogP contribution in [0, 0.1) is 0 Å². The zero-order valence-corrected chi connectivity index (χ0v) is 10.4. The SMILES string of the molecule is C1COCCO1.NC(=O)c1ccccc1Br. The lowest BCUT2D eigenvalue weighted by molar-refractivity contribution is -0.0334. The molecule has 1 amide bonds. The van der Waals surface area contributed by atoms with Gasteiger partial charge in [-0.1, -0.05) is 12.1 Å². The highest BCUT2D eigenvalue weighted by atomic mass is 79.9. The molecular weight excluding hydrogens is 274 g/mol. The number of nitrogens with two attached hydrogens (primary N) is 1. The minimum Gasteiger partial charge on any atom is -0.377 e. The molecule has 0 radical (unpaired) electrons. The van der Waals surface area contributed by atoms with E-state index < -0.39 is 5.91 Å². The van der Waals surface area contributed by atoms with Crippen molar-refractivity contribution >= 4 is 21.8 Å². The van der Waals surface area contributed by atoms with Gasteiger partial charge in [0.15, 0.2) is 0 Å². The molecule has 0 saturated carbocycles. The summed E-state index contributed by atoms with van der Waals surface area (Å²) in [4.78, 5) is 10.6. The molecule has 4 nitrogen and oxygen atoms in total. The van der Waals surface area contributed by atoms with Crippen LogP contribution in [0.15, 0.2) is 28.7 Å². The van der Waals surface area contributed by atoms with E-state index in [0.717, 1.165) is 30.9 Å². The normalized spacial score (nSPS) is 14.8. The highest BCUT2D eigenvalue weighted by molar-refractivity contribution is 9.10. The first-order chi connectivity index (χ1) is 7.72. The summed E-state index contributed by atoms with van der Waals surface area (Å²) in [7, 11) is 0. The number of primary amides is 1. The Kier molecular flexibility index (Phi) is 6.07. The van der Waals surface area contributed by atoms with Crippen molar-refractivity contribution < 1.29 is 14.3 Å². The van der Waals surface area contributed by atoms with E-state index in [2.05, 4.69) is 15.9 Å². The summed E-state index contributed by atoms with van der Waals surface area (Å²) in [5.41, 5.74) is 5.56. The van der Waals surface area contributed by atoms with Gasteiger partial charge in [0.05, 0.1) is 32.0 Å². The second-order valence-corrected chi connectivity index (χ2v) is 3.92. The summed E-state index contributed by atoms with van der Waals surface area (Å²) < 4.78 is 10.6. The molecule has 0 aromatic heterocycles. The van der Waals surface area contributed by atoms with Crippen molar-refractivity contribution in [3.8, 4) is 0 Å². The van der Waals surface area contributed by atoms with E-state index in [1.54, 1.807) is 18.2 Å². The van der Waals surface area contributed by atoms with Crippen LogP contribution in [0.1, 0.15) is 10.4 Å². The summed E-state index contributed by atoms with van der Waals surface area (Å²) >= 11 is 3.20. The Bertz CT molecular complexity index is 328. The van der Waals surface area contributed by atoms with Crippen LogP contribution in [0.25, 0.3) is 0 Å². The highest BCUT2D eigenvalue weighted by Gasteiger charge is 2.02. The number of rotatable bonds is 1. The van der Waals surface area contributed by atoms with Gasteiger partial charge in [0.1, 0.15) is 0 Å². The second kappa shape index (κ2) is 7.38. The van der Waals surface area contributed by atoms with Crippen LogP contribution in [-0.4, -0.2) is 32.3 Å². The zero-order chi connectivity index (χ0) is 11.8. The van der Waals surface area contributed by atoms with E-state index in [9.17, 15) is 4.79 Å². The van der Waals surface area contributed by atoms with Gasteiger partial charge in [0, 0.05) is 4.47 Å². The molecule has 2 rings (SSSR count). The minimum absolute atomic E-state index is 0.410. The fourth-order valence-electron chi connectivity index (χ4n) is 1.10. The van der Waals surface area contributed by atoms with Crippen LogP contribution in [0.4, 0.5) is 0 Å². The van der Waals surface area contributed by atoms with Crippen molar-refractivity contribution in [2.45, 2.75) is 0 Å². The van der Waals surface area contributed by atoms with Gasteiger partial charge in [-0.2, -0.15) is 0 Å². The molecule has 0 spiro atoms. The summed E-state index contributed by atoms with van der Waals surface area (Å²) in [5.74, 6) is -0.410. The van der Waals surface area contributed by atoms with Gasteiger partial charge in [-0.3, -0.25) is 4.79 Å². The molecule has 1 aliphatic rings. The van der Waals surface area contributed by atoms with E-state index in [1.807, 2.05) is 6.07 Å². The smallest absolute Gasteiger partial charge is 0.249 e. The Morgan fingerprint density at radius 2 is 1.62 bits per heavy atom. The Labute approximate surface area is 103 Å². The first kappa shape index (κ1) is 13.2. The summed E-state index contributed by atoms with van der Waals surface area (Å²) in [6.07, 6.45) is 0. The van der Waals surface area contributed by atoms with Crippen LogP contribution >= 0.6 is 15.9 Å². The molecule has 1 saturated heterocycles. The number of carbonyl (C=O) groups excluding carboxylic acids is 1. The lowest BCUT2D eigenvalue weighted by atomic mass is 10.2. The average Bonchev–Trinajstić information content (AvgIpc) is 2.32. The average molecular weight is 288 g/mol. The van der Waals surface area contributed by atoms with Gasteiger partial charge >= 0.3 is 0 Å². The molecule has 2 N–H and O–H groups in total. The fraction of sp³-hybridized carbons (Fsp3) is 0.364. The van der Waals surface area contributed by atoms with Crippen molar-refractivity contribution in [3.63, 3.8) is 0 Å². The van der Waals surface area contributed by atoms with Crippen LogP contribution < -0.4 is 5.73 Å². The van der Waals surface area contributed by atoms with Crippen molar-refractivity contribution in [1.29, 1.82) is 0 Å². The first-order valence-electron chi connectivity index (χ1n) is 4.91. The van der Waals surface area contributed by atoms with E-state index in [0.29, 0.717) is 5.56 Å². The Hall–Kier alpha value is -0.910. The van der Waals surface area contributed by atoms with Crippen LogP contribution in [0.5, 0.6) is 0 Å². The van der Waals surface area contributed by atoms with E-state index in [4.69, 9.17) is 15.2 Å². The number of hydrogen-bond acceptors (Lipinski definition) is 3.